The molecule has 112 valence electrons. The summed E-state index contributed by atoms with van der Waals surface area (Å²) in [4.78, 5) is 10.4. The number of anilines is 1. The van der Waals surface area contributed by atoms with E-state index in [1.807, 2.05) is 0 Å². The van der Waals surface area contributed by atoms with Crippen LogP contribution in [0.5, 0.6) is 0 Å². The number of carboxylic acids is 1. The number of rotatable bonds is 4. The number of hydrogen-bond acceptors (Lipinski definition) is 4. The van der Waals surface area contributed by atoms with Crippen molar-refractivity contribution in [3.05, 3.63) is 44.7 Å². The maximum atomic E-state index is 12.2. The molecule has 0 radical (unpaired) electrons. The number of sulfonamides is 1. The van der Waals surface area contributed by atoms with Crippen LogP contribution in [-0.4, -0.2) is 19.5 Å². The first-order valence-electron chi connectivity index (χ1n) is 5.22. The van der Waals surface area contributed by atoms with Gasteiger partial charge in [0.15, 0.2) is 4.67 Å². The second-order valence-electron chi connectivity index (χ2n) is 3.76. The van der Waals surface area contributed by atoms with Crippen LogP contribution in [0, 0.1) is 0 Å². The van der Waals surface area contributed by atoms with E-state index in [0.29, 0.717) is 0 Å². The summed E-state index contributed by atoms with van der Waals surface area (Å²) < 4.78 is 31.2. The molecule has 0 bridgehead atoms. The Morgan fingerprint density at radius 2 is 2.00 bits per heavy atom. The maximum absolute atomic E-state index is 12.2. The third-order valence-corrected chi connectivity index (χ3v) is 5.39. The van der Waals surface area contributed by atoms with Crippen molar-refractivity contribution >= 4 is 60.8 Å². The van der Waals surface area contributed by atoms with Crippen LogP contribution >= 0.6 is 39.1 Å². The molecule has 0 saturated carbocycles. The van der Waals surface area contributed by atoms with E-state index in [9.17, 15) is 13.2 Å². The van der Waals surface area contributed by atoms with Gasteiger partial charge in [0.25, 0.3) is 10.0 Å². The van der Waals surface area contributed by atoms with E-state index in [0.717, 1.165) is 6.07 Å². The van der Waals surface area contributed by atoms with Crippen molar-refractivity contribution in [2.75, 3.05) is 4.72 Å². The van der Waals surface area contributed by atoms with Gasteiger partial charge in [-0.15, -0.1) is 0 Å². The number of benzene rings is 1. The van der Waals surface area contributed by atoms with Crippen LogP contribution in [0.3, 0.4) is 0 Å². The van der Waals surface area contributed by atoms with E-state index >= 15 is 0 Å². The summed E-state index contributed by atoms with van der Waals surface area (Å²) in [5, 5.41) is 8.99. The van der Waals surface area contributed by atoms with Crippen LogP contribution in [0.4, 0.5) is 5.69 Å². The third kappa shape index (κ3) is 3.34. The molecule has 2 aromatic rings. The average molecular weight is 415 g/mol. The van der Waals surface area contributed by atoms with Crippen LogP contribution < -0.4 is 4.72 Å². The molecule has 6 nitrogen and oxygen atoms in total. The highest BCUT2D eigenvalue weighted by atomic mass is 79.9. The van der Waals surface area contributed by atoms with Crippen LogP contribution in [0.1, 0.15) is 10.6 Å². The summed E-state index contributed by atoms with van der Waals surface area (Å²) in [7, 11) is -4.09. The molecule has 21 heavy (non-hydrogen) atoms. The molecular weight excluding hydrogens is 409 g/mol. The van der Waals surface area contributed by atoms with E-state index < -0.39 is 21.8 Å². The molecule has 0 spiro atoms. The number of carboxylic acid groups (broad SMARTS) is 1. The average Bonchev–Trinajstić information content (AvgIpc) is 2.78. The summed E-state index contributed by atoms with van der Waals surface area (Å²) in [5.74, 6) is -1.91. The van der Waals surface area contributed by atoms with Crippen LogP contribution in [0.2, 0.25) is 10.0 Å². The highest BCUT2D eigenvalue weighted by Crippen LogP contribution is 2.33. The van der Waals surface area contributed by atoms with Gasteiger partial charge in [-0.2, -0.15) is 0 Å². The van der Waals surface area contributed by atoms with Crippen molar-refractivity contribution in [3.8, 4) is 0 Å². The van der Waals surface area contributed by atoms with Crippen molar-refractivity contribution in [3.63, 3.8) is 0 Å². The number of halogens is 3. The predicted octanol–water partition coefficient (Wildman–Crippen LogP) is 3.85. The fourth-order valence-corrected chi connectivity index (χ4v) is 3.84. The van der Waals surface area contributed by atoms with Gasteiger partial charge in [0, 0.05) is 6.07 Å². The van der Waals surface area contributed by atoms with Gasteiger partial charge in [-0.3, -0.25) is 4.72 Å². The molecule has 0 saturated heterocycles. The van der Waals surface area contributed by atoms with Gasteiger partial charge in [-0.05, 0) is 28.1 Å². The minimum absolute atomic E-state index is 0.0285. The van der Waals surface area contributed by atoms with Crippen LogP contribution in [0.25, 0.3) is 0 Å². The van der Waals surface area contributed by atoms with Gasteiger partial charge >= 0.3 is 5.97 Å². The summed E-state index contributed by atoms with van der Waals surface area (Å²) in [6, 6.07) is 5.31. The smallest absolute Gasteiger partial charge is 0.371 e. The SMILES string of the molecule is O=C(O)c1cc(S(=O)(=O)Nc2cccc(Cl)c2Cl)c(Br)o1. The molecule has 2 rings (SSSR count). The number of hydrogen-bond donors (Lipinski definition) is 2. The molecule has 1 aromatic heterocycles. The predicted molar refractivity (Wildman–Crippen MR) is 80.6 cm³/mol. The molecule has 1 heterocycles. The van der Waals surface area contributed by atoms with Gasteiger partial charge in [-0.1, -0.05) is 29.3 Å². The highest BCUT2D eigenvalue weighted by molar-refractivity contribution is 9.10. The second kappa shape index (κ2) is 5.88. The molecule has 0 fully saturated rings. The van der Waals surface area contributed by atoms with Gasteiger partial charge in [-0.25, -0.2) is 13.2 Å². The number of aromatic carboxylic acids is 1. The number of nitrogens with one attached hydrogen (secondary N) is 1. The Kier molecular flexibility index (Phi) is 4.52. The largest absolute Gasteiger partial charge is 0.475 e. The summed E-state index contributed by atoms with van der Waals surface area (Å²) in [5.41, 5.74) is 0.0640. The molecule has 0 unspecified atom stereocenters. The molecule has 2 N–H and O–H groups in total. The lowest BCUT2D eigenvalue weighted by Gasteiger charge is -2.09. The summed E-state index contributed by atoms with van der Waals surface area (Å²) in [6.07, 6.45) is 0. The Bertz CT molecular complexity index is 818. The van der Waals surface area contributed by atoms with Crippen molar-refractivity contribution in [1.82, 2.24) is 0 Å². The van der Waals surface area contributed by atoms with E-state index in [2.05, 4.69) is 20.7 Å². The standard InChI is InChI=1S/C11H6BrCl2NO5S/c12-10-8(4-7(20-10)11(16)17)21(18,19)15-6-3-1-2-5(13)9(6)14/h1-4,15H,(H,16,17). The van der Waals surface area contributed by atoms with Crippen molar-refractivity contribution in [2.45, 2.75) is 4.90 Å². The molecular formula is C11H6BrCl2NO5S. The summed E-state index contributed by atoms with van der Waals surface area (Å²) in [6.45, 7) is 0. The Morgan fingerprint density at radius 3 is 2.57 bits per heavy atom. The van der Waals surface area contributed by atoms with E-state index in [-0.39, 0.29) is 25.3 Å². The molecule has 10 heteroatoms. The molecule has 1 aromatic carbocycles. The van der Waals surface area contributed by atoms with Gasteiger partial charge in [0.05, 0.1) is 15.7 Å². The minimum atomic E-state index is -4.09. The normalized spacial score (nSPS) is 11.4. The maximum Gasteiger partial charge on any atom is 0.371 e. The first-order valence-corrected chi connectivity index (χ1v) is 8.25. The molecule has 0 atom stereocenters. The van der Waals surface area contributed by atoms with Gasteiger partial charge in [0.1, 0.15) is 4.90 Å². The monoisotopic (exact) mass is 413 g/mol. The van der Waals surface area contributed by atoms with Gasteiger partial charge < -0.3 is 9.52 Å². The number of furan rings is 1. The van der Waals surface area contributed by atoms with E-state index in [1.165, 1.54) is 18.2 Å². The van der Waals surface area contributed by atoms with Crippen LogP contribution in [-0.2, 0) is 10.0 Å². The molecule has 0 aliphatic carbocycles. The zero-order valence-corrected chi connectivity index (χ0v) is 13.8. The summed E-state index contributed by atoms with van der Waals surface area (Å²) >= 11 is 14.5. The van der Waals surface area contributed by atoms with Crippen molar-refractivity contribution in [1.29, 1.82) is 0 Å². The second-order valence-corrected chi connectivity index (χ2v) is 6.92. The van der Waals surface area contributed by atoms with E-state index in [4.69, 9.17) is 32.7 Å². The third-order valence-electron chi connectivity index (χ3n) is 2.35. The Morgan fingerprint density at radius 1 is 1.33 bits per heavy atom. The fourth-order valence-electron chi connectivity index (χ4n) is 1.42. The minimum Gasteiger partial charge on any atom is -0.475 e. The Labute approximate surface area is 137 Å². The lowest BCUT2D eigenvalue weighted by Crippen LogP contribution is -2.13. The molecule has 0 aliphatic heterocycles. The quantitative estimate of drug-likeness (QED) is 0.791. The molecule has 0 aliphatic rings. The lowest BCUT2D eigenvalue weighted by molar-refractivity contribution is 0.0661. The topological polar surface area (TPSA) is 96.6 Å². The first-order chi connectivity index (χ1) is 9.72. The Balaban J connectivity index is 2.43. The lowest BCUT2D eigenvalue weighted by atomic mass is 10.3. The zero-order valence-electron chi connectivity index (χ0n) is 9.93. The fraction of sp³-hybridized carbons (Fsp3) is 0. The van der Waals surface area contributed by atoms with Crippen molar-refractivity contribution < 1.29 is 22.7 Å². The van der Waals surface area contributed by atoms with E-state index in [1.54, 1.807) is 0 Å². The first kappa shape index (κ1) is 16.2. The van der Waals surface area contributed by atoms with Crippen LogP contribution in [0.15, 0.2) is 38.2 Å². The molecule has 0 amide bonds. The number of carbonyl (C=O) groups is 1. The Hall–Kier alpha value is -1.22. The van der Waals surface area contributed by atoms with Crippen molar-refractivity contribution in [2.24, 2.45) is 0 Å². The zero-order chi connectivity index (χ0) is 15.8. The highest BCUT2D eigenvalue weighted by Gasteiger charge is 2.25. The van der Waals surface area contributed by atoms with Gasteiger partial charge in [0.2, 0.25) is 5.76 Å².